The van der Waals surface area contributed by atoms with E-state index >= 15 is 0 Å². The van der Waals surface area contributed by atoms with Gasteiger partial charge in [0.25, 0.3) is 0 Å². The molecular formula is C15H24FNO. The molecular weight excluding hydrogens is 229 g/mol. The number of ether oxygens (including phenoxy) is 1. The molecule has 0 spiro atoms. The second-order valence-corrected chi connectivity index (χ2v) is 4.64. The summed E-state index contributed by atoms with van der Waals surface area (Å²) in [7, 11) is 0. The van der Waals surface area contributed by atoms with Crippen molar-refractivity contribution in [3.05, 3.63) is 24.3 Å². The second kappa shape index (κ2) is 9.86. The van der Waals surface area contributed by atoms with Crippen LogP contribution in [0, 0.1) is 5.95 Å². The van der Waals surface area contributed by atoms with Crippen molar-refractivity contribution in [1.29, 1.82) is 0 Å². The predicted molar refractivity (Wildman–Crippen MR) is 72.3 cm³/mol. The first-order valence-corrected chi connectivity index (χ1v) is 7.07. The van der Waals surface area contributed by atoms with Crippen molar-refractivity contribution in [3.63, 3.8) is 0 Å². The Morgan fingerprint density at radius 3 is 2.28 bits per heavy atom. The summed E-state index contributed by atoms with van der Waals surface area (Å²) in [5.41, 5.74) is 0. The van der Waals surface area contributed by atoms with Crippen LogP contribution in [0.4, 0.5) is 4.39 Å². The van der Waals surface area contributed by atoms with E-state index in [1.54, 1.807) is 6.07 Å². The molecule has 0 N–H and O–H groups in total. The molecule has 0 amide bonds. The molecule has 0 aliphatic carbocycles. The number of aromatic nitrogens is 1. The fourth-order valence-corrected chi connectivity index (χ4v) is 1.87. The molecule has 1 aromatic rings. The molecule has 0 aliphatic rings. The minimum absolute atomic E-state index is 0.463. The fraction of sp³-hybridized carbons (Fsp3) is 0.667. The van der Waals surface area contributed by atoms with E-state index in [0.717, 1.165) is 6.42 Å². The molecule has 0 atom stereocenters. The highest BCUT2D eigenvalue weighted by atomic mass is 19.1. The Kier molecular flexibility index (Phi) is 8.19. The van der Waals surface area contributed by atoms with Crippen LogP contribution in [0.25, 0.3) is 0 Å². The van der Waals surface area contributed by atoms with Crippen molar-refractivity contribution >= 4 is 0 Å². The summed E-state index contributed by atoms with van der Waals surface area (Å²) in [6, 6.07) is 2.94. The van der Waals surface area contributed by atoms with Crippen LogP contribution in [-0.4, -0.2) is 11.6 Å². The van der Waals surface area contributed by atoms with Gasteiger partial charge in [-0.05, 0) is 18.6 Å². The van der Waals surface area contributed by atoms with Crippen LogP contribution in [0.2, 0.25) is 0 Å². The van der Waals surface area contributed by atoms with Gasteiger partial charge in [-0.25, -0.2) is 4.98 Å². The highest BCUT2D eigenvalue weighted by Gasteiger charge is 1.96. The normalized spacial score (nSPS) is 10.6. The Morgan fingerprint density at radius 1 is 1.00 bits per heavy atom. The monoisotopic (exact) mass is 253 g/mol. The first kappa shape index (κ1) is 14.9. The van der Waals surface area contributed by atoms with Crippen molar-refractivity contribution in [2.24, 2.45) is 0 Å². The standard InChI is InChI=1S/C15H24FNO/c1-2-3-4-5-6-7-8-9-12-18-14-10-11-15(16)17-13-14/h10-11,13H,2-9,12H2,1H3. The molecule has 0 unspecified atom stereocenters. The predicted octanol–water partition coefficient (Wildman–Crippen LogP) is 4.74. The highest BCUT2D eigenvalue weighted by Crippen LogP contribution is 2.11. The van der Waals surface area contributed by atoms with Gasteiger partial charge in [0.15, 0.2) is 0 Å². The maximum Gasteiger partial charge on any atom is 0.213 e. The molecule has 102 valence electrons. The number of hydrogen-bond donors (Lipinski definition) is 0. The van der Waals surface area contributed by atoms with Gasteiger partial charge in [0, 0.05) is 0 Å². The topological polar surface area (TPSA) is 22.1 Å². The number of pyridine rings is 1. The molecule has 0 saturated carbocycles. The molecule has 2 nitrogen and oxygen atoms in total. The molecule has 3 heteroatoms. The summed E-state index contributed by atoms with van der Waals surface area (Å²) in [6.07, 6.45) is 11.7. The zero-order chi connectivity index (χ0) is 13.1. The summed E-state index contributed by atoms with van der Waals surface area (Å²) in [4.78, 5) is 3.54. The van der Waals surface area contributed by atoms with Gasteiger partial charge < -0.3 is 4.74 Å². The van der Waals surface area contributed by atoms with Crippen molar-refractivity contribution in [1.82, 2.24) is 4.98 Å². The first-order valence-electron chi connectivity index (χ1n) is 7.07. The fourth-order valence-electron chi connectivity index (χ4n) is 1.87. The van der Waals surface area contributed by atoms with Crippen LogP contribution in [0.1, 0.15) is 58.3 Å². The van der Waals surface area contributed by atoms with E-state index in [0.29, 0.717) is 12.4 Å². The average Bonchev–Trinajstić information content (AvgIpc) is 2.39. The lowest BCUT2D eigenvalue weighted by molar-refractivity contribution is 0.302. The lowest BCUT2D eigenvalue weighted by Crippen LogP contribution is -1.98. The number of halogens is 1. The minimum Gasteiger partial charge on any atom is -0.492 e. The molecule has 1 heterocycles. The molecule has 0 saturated heterocycles. The van der Waals surface area contributed by atoms with Gasteiger partial charge in [-0.2, -0.15) is 4.39 Å². The SMILES string of the molecule is CCCCCCCCCCOc1ccc(F)nc1. The third-order valence-corrected chi connectivity index (χ3v) is 2.97. The van der Waals surface area contributed by atoms with Gasteiger partial charge >= 0.3 is 0 Å². The van der Waals surface area contributed by atoms with Gasteiger partial charge in [0.05, 0.1) is 12.8 Å². The van der Waals surface area contributed by atoms with E-state index in [9.17, 15) is 4.39 Å². The van der Waals surface area contributed by atoms with E-state index in [-0.39, 0.29) is 0 Å². The quantitative estimate of drug-likeness (QED) is 0.444. The van der Waals surface area contributed by atoms with Crippen LogP contribution in [0.3, 0.4) is 0 Å². The largest absolute Gasteiger partial charge is 0.492 e. The highest BCUT2D eigenvalue weighted by molar-refractivity contribution is 5.15. The van der Waals surface area contributed by atoms with Gasteiger partial charge in [0.2, 0.25) is 5.95 Å². The molecule has 0 bridgehead atoms. The Labute approximate surface area is 110 Å². The summed E-state index contributed by atoms with van der Waals surface area (Å²) in [6.45, 7) is 2.93. The van der Waals surface area contributed by atoms with Crippen molar-refractivity contribution in [2.75, 3.05) is 6.61 Å². The van der Waals surface area contributed by atoms with E-state index < -0.39 is 5.95 Å². The van der Waals surface area contributed by atoms with Gasteiger partial charge in [0.1, 0.15) is 5.75 Å². The summed E-state index contributed by atoms with van der Waals surface area (Å²) < 4.78 is 18.0. The van der Waals surface area contributed by atoms with Gasteiger partial charge in [-0.3, -0.25) is 0 Å². The second-order valence-electron chi connectivity index (χ2n) is 4.64. The molecule has 0 fully saturated rings. The van der Waals surface area contributed by atoms with Crippen molar-refractivity contribution in [3.8, 4) is 5.75 Å². The summed E-state index contributed by atoms with van der Waals surface area (Å²) in [5, 5.41) is 0. The van der Waals surface area contributed by atoms with E-state index in [1.807, 2.05) is 0 Å². The zero-order valence-electron chi connectivity index (χ0n) is 11.3. The number of nitrogens with zero attached hydrogens (tertiary/aromatic N) is 1. The van der Waals surface area contributed by atoms with Crippen molar-refractivity contribution in [2.45, 2.75) is 58.3 Å². The number of hydrogen-bond acceptors (Lipinski definition) is 2. The lowest BCUT2D eigenvalue weighted by Gasteiger charge is -2.05. The van der Waals surface area contributed by atoms with Crippen LogP contribution < -0.4 is 4.74 Å². The number of rotatable bonds is 10. The smallest absolute Gasteiger partial charge is 0.213 e. The first-order chi connectivity index (χ1) is 8.83. The molecule has 0 aliphatic heterocycles. The Balaban J connectivity index is 1.91. The third-order valence-electron chi connectivity index (χ3n) is 2.97. The van der Waals surface area contributed by atoms with Crippen LogP contribution in [0.5, 0.6) is 5.75 Å². The molecule has 18 heavy (non-hydrogen) atoms. The summed E-state index contributed by atoms with van der Waals surface area (Å²) >= 11 is 0. The van der Waals surface area contributed by atoms with E-state index in [4.69, 9.17) is 4.74 Å². The molecule has 0 aromatic carbocycles. The van der Waals surface area contributed by atoms with E-state index in [2.05, 4.69) is 11.9 Å². The van der Waals surface area contributed by atoms with Crippen LogP contribution in [0.15, 0.2) is 18.3 Å². The maximum absolute atomic E-state index is 12.5. The third kappa shape index (κ3) is 7.25. The maximum atomic E-state index is 12.5. The van der Waals surface area contributed by atoms with E-state index in [1.165, 1.54) is 57.2 Å². The number of unbranched alkanes of at least 4 members (excludes halogenated alkanes) is 7. The van der Waals surface area contributed by atoms with Gasteiger partial charge in [-0.15, -0.1) is 0 Å². The van der Waals surface area contributed by atoms with Gasteiger partial charge in [-0.1, -0.05) is 51.9 Å². The van der Waals surface area contributed by atoms with Crippen LogP contribution in [-0.2, 0) is 0 Å². The molecule has 1 rings (SSSR count). The lowest BCUT2D eigenvalue weighted by atomic mass is 10.1. The molecule has 1 aromatic heterocycles. The van der Waals surface area contributed by atoms with Crippen LogP contribution >= 0.6 is 0 Å². The van der Waals surface area contributed by atoms with Crippen molar-refractivity contribution < 1.29 is 9.13 Å². The average molecular weight is 253 g/mol. The Morgan fingerprint density at radius 2 is 1.67 bits per heavy atom. The Hall–Kier alpha value is -1.12. The minimum atomic E-state index is -0.463. The Bertz CT molecular complexity index is 300. The zero-order valence-corrected chi connectivity index (χ0v) is 11.3. The summed E-state index contributed by atoms with van der Waals surface area (Å²) in [5.74, 6) is 0.189. The molecule has 0 radical (unpaired) electrons.